The zero-order valence-electron chi connectivity index (χ0n) is 27.3. The highest BCUT2D eigenvalue weighted by atomic mass is 32.2. The monoisotopic (exact) mass is 700 g/mol. The zero-order chi connectivity index (χ0) is 34.8. The topological polar surface area (TPSA) is 214 Å². The van der Waals surface area contributed by atoms with E-state index >= 15 is 0 Å². The first-order valence-electron chi connectivity index (χ1n) is 15.8. The van der Waals surface area contributed by atoms with Crippen LogP contribution < -0.4 is 15.2 Å². The third kappa shape index (κ3) is 7.61. The first kappa shape index (κ1) is 35.2. The molecule has 16 heteroatoms. The Morgan fingerprint density at radius 2 is 1.15 bits per heavy atom. The summed E-state index contributed by atoms with van der Waals surface area (Å²) >= 11 is 0. The van der Waals surface area contributed by atoms with Gasteiger partial charge in [-0.15, -0.1) is 0 Å². The smallest absolute Gasteiger partial charge is 0.289 e. The number of aryl methyl sites for hydroxylation is 4. The number of sulfonamides is 2. The molecule has 0 atom stereocenters. The van der Waals surface area contributed by atoms with Crippen molar-refractivity contribution in [3.8, 4) is 22.3 Å². The Bertz CT molecular complexity index is 1990. The Labute approximate surface area is 279 Å². The summed E-state index contributed by atoms with van der Waals surface area (Å²) in [6, 6.07) is 8.88. The molecule has 0 radical (unpaired) electrons. The number of nitro groups is 1. The van der Waals surface area contributed by atoms with Crippen LogP contribution in [-0.4, -0.2) is 44.2 Å². The number of nitrogen functional groups attached to an aromatic ring is 1. The lowest BCUT2D eigenvalue weighted by Crippen LogP contribution is -2.33. The van der Waals surface area contributed by atoms with Crippen LogP contribution in [-0.2, 0) is 20.0 Å². The van der Waals surface area contributed by atoms with Crippen molar-refractivity contribution in [1.29, 1.82) is 0 Å². The number of nitrogens with one attached hydrogen (secondary N) is 2. The Morgan fingerprint density at radius 1 is 0.729 bits per heavy atom. The Morgan fingerprint density at radius 3 is 1.56 bits per heavy atom. The van der Waals surface area contributed by atoms with Crippen molar-refractivity contribution in [2.75, 3.05) is 5.73 Å². The van der Waals surface area contributed by atoms with Crippen LogP contribution in [0.25, 0.3) is 22.3 Å². The third-order valence-electron chi connectivity index (χ3n) is 8.75. The molecule has 2 aliphatic rings. The van der Waals surface area contributed by atoms with Gasteiger partial charge in [-0.25, -0.2) is 26.3 Å². The molecule has 2 aliphatic carbocycles. The first-order chi connectivity index (χ1) is 22.7. The van der Waals surface area contributed by atoms with E-state index in [9.17, 15) is 26.9 Å². The Hall–Kier alpha value is -4.12. The molecule has 4 aromatic rings. The van der Waals surface area contributed by atoms with Gasteiger partial charge in [0.1, 0.15) is 16.4 Å². The predicted octanol–water partition coefficient (Wildman–Crippen LogP) is 5.85. The molecule has 2 aromatic carbocycles. The molecule has 6 rings (SSSR count). The van der Waals surface area contributed by atoms with Crippen LogP contribution in [0, 0.1) is 37.8 Å². The van der Waals surface area contributed by atoms with Gasteiger partial charge in [-0.2, -0.15) is 0 Å². The molecule has 14 nitrogen and oxygen atoms in total. The average molecular weight is 701 g/mol. The van der Waals surface area contributed by atoms with E-state index < -0.39 is 30.7 Å². The molecular weight excluding hydrogens is 661 g/mol. The van der Waals surface area contributed by atoms with Crippen LogP contribution in [0.5, 0.6) is 0 Å². The predicted molar refractivity (Wildman–Crippen MR) is 179 cm³/mol. The van der Waals surface area contributed by atoms with Gasteiger partial charge in [0.25, 0.3) is 5.69 Å². The highest BCUT2D eigenvalue weighted by molar-refractivity contribution is 7.90. The van der Waals surface area contributed by atoms with Gasteiger partial charge in [0, 0.05) is 29.3 Å². The first-order valence-corrected chi connectivity index (χ1v) is 18.7. The minimum Gasteiger partial charge on any atom is -0.398 e. The lowest BCUT2D eigenvalue weighted by atomic mass is 10.0. The van der Waals surface area contributed by atoms with Crippen molar-refractivity contribution in [3.63, 3.8) is 0 Å². The van der Waals surface area contributed by atoms with E-state index in [4.69, 9.17) is 14.8 Å². The number of hydrogen-bond acceptors (Lipinski definition) is 11. The standard InChI is InChI=1S/C16H19N3O5S.C16H21N3O3S/c1-10-16(11(2)24-17-10)12-7-8-14(19(20)21)15(9-12)25(22,23)18-13-5-3-4-6-13;1-10-16(11(2)22-18-10)12-7-8-14(17)15(9-12)23(20,21)19-13-5-3-4-6-13/h7-9,13,18H,3-6H2,1-2H3;7-9,13,19H,3-6,17H2,1-2H3. The molecule has 0 aliphatic heterocycles. The molecule has 258 valence electrons. The molecule has 0 unspecified atom stereocenters. The Kier molecular flexibility index (Phi) is 10.4. The summed E-state index contributed by atoms with van der Waals surface area (Å²) in [7, 11) is -7.64. The maximum absolute atomic E-state index is 12.8. The maximum atomic E-state index is 12.8. The van der Waals surface area contributed by atoms with Crippen molar-refractivity contribution >= 4 is 31.4 Å². The van der Waals surface area contributed by atoms with Crippen molar-refractivity contribution < 1.29 is 30.8 Å². The van der Waals surface area contributed by atoms with Gasteiger partial charge in [0.2, 0.25) is 20.0 Å². The lowest BCUT2D eigenvalue weighted by molar-refractivity contribution is -0.387. The van der Waals surface area contributed by atoms with Gasteiger partial charge in [-0.1, -0.05) is 42.1 Å². The van der Waals surface area contributed by atoms with E-state index in [2.05, 4.69) is 19.8 Å². The summed E-state index contributed by atoms with van der Waals surface area (Å²) in [4.78, 5) is 10.4. The van der Waals surface area contributed by atoms with Crippen molar-refractivity contribution in [2.45, 2.75) is 101 Å². The molecule has 0 amide bonds. The van der Waals surface area contributed by atoms with Crippen LogP contribution in [0.15, 0.2) is 55.2 Å². The fourth-order valence-electron chi connectivity index (χ4n) is 6.40. The number of aromatic nitrogens is 2. The number of nitrogens with two attached hydrogens (primary N) is 1. The summed E-state index contributed by atoms with van der Waals surface area (Å²) in [5, 5.41) is 19.1. The summed E-state index contributed by atoms with van der Waals surface area (Å²) in [6.07, 6.45) is 7.27. The number of rotatable bonds is 9. The van der Waals surface area contributed by atoms with Crippen LogP contribution >= 0.6 is 0 Å². The fourth-order valence-corrected chi connectivity index (χ4v) is 9.37. The van der Waals surface area contributed by atoms with Gasteiger partial charge in [-0.05, 0) is 88.8 Å². The minimum absolute atomic E-state index is 0.00196. The van der Waals surface area contributed by atoms with E-state index in [-0.39, 0.29) is 27.6 Å². The molecule has 0 spiro atoms. The van der Waals surface area contributed by atoms with Crippen molar-refractivity contribution in [1.82, 2.24) is 19.8 Å². The van der Waals surface area contributed by atoms with Crippen LogP contribution in [0.3, 0.4) is 0 Å². The van der Waals surface area contributed by atoms with Gasteiger partial charge >= 0.3 is 0 Å². The molecule has 0 saturated heterocycles. The number of nitro benzene ring substituents is 1. The molecule has 4 N–H and O–H groups in total. The zero-order valence-corrected chi connectivity index (χ0v) is 28.9. The van der Waals surface area contributed by atoms with Gasteiger partial charge in [0.15, 0.2) is 4.90 Å². The van der Waals surface area contributed by atoms with Gasteiger partial charge in [0.05, 0.1) is 22.0 Å². The summed E-state index contributed by atoms with van der Waals surface area (Å²) in [5.74, 6) is 1.18. The molecule has 2 saturated carbocycles. The quantitative estimate of drug-likeness (QED) is 0.107. The molecule has 48 heavy (non-hydrogen) atoms. The second kappa shape index (κ2) is 14.2. The molecule has 2 fully saturated rings. The molecule has 0 bridgehead atoms. The number of nitrogens with zero attached hydrogens (tertiary/aromatic N) is 3. The SMILES string of the molecule is Cc1noc(C)c1-c1ccc(N)c(S(=O)(=O)NC2CCCC2)c1.Cc1noc(C)c1-c1ccc([N+](=O)[O-])c(S(=O)(=O)NC2CCCC2)c1. The highest BCUT2D eigenvalue weighted by Crippen LogP contribution is 2.34. The van der Waals surface area contributed by atoms with E-state index in [1.54, 1.807) is 39.0 Å². The van der Waals surface area contributed by atoms with Crippen molar-refractivity contribution in [3.05, 3.63) is 69.4 Å². The molecule has 2 heterocycles. The van der Waals surface area contributed by atoms with E-state index in [1.165, 1.54) is 18.2 Å². The third-order valence-corrected chi connectivity index (χ3v) is 11.9. The van der Waals surface area contributed by atoms with Crippen LogP contribution in [0.2, 0.25) is 0 Å². The van der Waals surface area contributed by atoms with Crippen LogP contribution in [0.4, 0.5) is 11.4 Å². The van der Waals surface area contributed by atoms with E-state index in [0.29, 0.717) is 28.3 Å². The lowest BCUT2D eigenvalue weighted by Gasteiger charge is -2.15. The number of hydrogen-bond donors (Lipinski definition) is 3. The van der Waals surface area contributed by atoms with Gasteiger partial charge < -0.3 is 14.8 Å². The second-order valence-electron chi connectivity index (χ2n) is 12.3. The largest absolute Gasteiger partial charge is 0.398 e. The minimum atomic E-state index is -4.00. The second-order valence-corrected chi connectivity index (χ2v) is 15.7. The van der Waals surface area contributed by atoms with Crippen molar-refractivity contribution in [2.24, 2.45) is 0 Å². The van der Waals surface area contributed by atoms with Crippen LogP contribution in [0.1, 0.15) is 74.3 Å². The van der Waals surface area contributed by atoms with E-state index in [1.807, 2.05) is 6.92 Å². The highest BCUT2D eigenvalue weighted by Gasteiger charge is 2.31. The normalized spacial score (nSPS) is 15.8. The molecule has 2 aromatic heterocycles. The molecular formula is C32H40N6O8S2. The maximum Gasteiger partial charge on any atom is 0.289 e. The van der Waals surface area contributed by atoms with Gasteiger partial charge in [-0.3, -0.25) is 10.1 Å². The number of benzene rings is 2. The fraction of sp³-hybridized carbons (Fsp3) is 0.438. The summed E-state index contributed by atoms with van der Waals surface area (Å²) in [6.45, 7) is 7.07. The van der Waals surface area contributed by atoms with E-state index in [0.717, 1.165) is 68.2 Å². The Balaban J connectivity index is 0.000000188. The number of anilines is 1. The summed E-state index contributed by atoms with van der Waals surface area (Å²) < 4.78 is 66.5. The summed E-state index contributed by atoms with van der Waals surface area (Å²) in [5.41, 5.74) is 9.75. The average Bonchev–Trinajstić information content (AvgIpc) is 3.84.